The van der Waals surface area contributed by atoms with E-state index >= 15 is 0 Å². The lowest BCUT2D eigenvalue weighted by molar-refractivity contribution is 0.550. The molecule has 0 aliphatic rings. The van der Waals surface area contributed by atoms with Gasteiger partial charge in [0.15, 0.2) is 0 Å². The summed E-state index contributed by atoms with van der Waals surface area (Å²) in [4.78, 5) is 0. The first-order valence-electron chi connectivity index (χ1n) is 3.83. The van der Waals surface area contributed by atoms with Crippen LogP contribution in [0, 0.1) is 0 Å². The van der Waals surface area contributed by atoms with Crippen LogP contribution in [-0.2, 0) is 20.1 Å². The zero-order valence-electron chi connectivity index (χ0n) is 8.30. The second-order valence-electron chi connectivity index (χ2n) is 4.92. The van der Waals surface area contributed by atoms with Crippen LogP contribution in [0.25, 0.3) is 0 Å². The van der Waals surface area contributed by atoms with Crippen LogP contribution in [0.5, 0.6) is 0 Å². The fourth-order valence-electron chi connectivity index (χ4n) is 1.01. The van der Waals surface area contributed by atoms with Gasteiger partial charge in [-0.1, -0.05) is 41.5 Å². The summed E-state index contributed by atoms with van der Waals surface area (Å²) in [6.45, 7) is 12.1. The molecule has 0 aromatic carbocycles. The van der Waals surface area contributed by atoms with Crippen molar-refractivity contribution in [3.63, 3.8) is 0 Å². The van der Waals surface area contributed by atoms with Gasteiger partial charge in [-0.25, -0.2) is 0 Å². The van der Waals surface area contributed by atoms with Crippen LogP contribution in [0.3, 0.4) is 0 Å². The highest BCUT2D eigenvalue weighted by Crippen LogP contribution is 2.33. The zero-order chi connectivity index (χ0) is 9.50. The van der Waals surface area contributed by atoms with Crippen LogP contribution in [0.1, 0.15) is 41.5 Å². The fraction of sp³-hybridized carbons (Fsp3) is 1.00. The van der Waals surface area contributed by atoms with Crippen LogP contribution in [-0.4, -0.2) is 14.0 Å². The Morgan fingerprint density at radius 1 is 0.909 bits per heavy atom. The lowest BCUT2D eigenvalue weighted by atomic mass is 10.2. The molecule has 0 atom stereocenters. The van der Waals surface area contributed by atoms with E-state index in [1.54, 1.807) is 0 Å². The Balaban J connectivity index is 4.92. The second-order valence-corrected chi connectivity index (χ2v) is 10.3. The molecule has 0 aromatic heterocycles. The van der Waals surface area contributed by atoms with Crippen molar-refractivity contribution in [3.8, 4) is 0 Å². The van der Waals surface area contributed by atoms with Gasteiger partial charge in [-0.05, 0) is 11.2 Å². The molecule has 0 saturated carbocycles. The first-order chi connectivity index (χ1) is 4.50. The predicted molar refractivity (Wildman–Crippen MR) is 58.3 cm³/mol. The van der Waals surface area contributed by atoms with Crippen molar-refractivity contribution in [2.45, 2.75) is 51.0 Å². The molecule has 1 N–H and O–H groups in total. The molecular weight excluding hydrogens is 176 g/mol. The van der Waals surface area contributed by atoms with Gasteiger partial charge in [0.05, 0.1) is 0 Å². The van der Waals surface area contributed by atoms with E-state index in [1.807, 2.05) is 41.5 Å². The van der Waals surface area contributed by atoms with Crippen molar-refractivity contribution in [2.75, 3.05) is 0 Å². The molecule has 0 amide bonds. The van der Waals surface area contributed by atoms with Gasteiger partial charge in [0.25, 0.3) is 0 Å². The highest BCUT2D eigenvalue weighted by atomic mass is 32.9. The van der Waals surface area contributed by atoms with Crippen LogP contribution < -0.4 is 0 Å². The monoisotopic (exact) mass is 196 g/mol. The van der Waals surface area contributed by atoms with Gasteiger partial charge >= 0.3 is 0 Å². The maximum atomic E-state index is 10.1. The number of hydrogen-bond donors (Lipinski definition) is 2. The van der Waals surface area contributed by atoms with Crippen LogP contribution in [0.15, 0.2) is 0 Å². The quantitative estimate of drug-likeness (QED) is 0.580. The molecule has 11 heavy (non-hydrogen) atoms. The molecule has 0 saturated heterocycles. The number of thiol groups is 1. The standard InChI is InChI=1S/C8H20OS2/c1-7(2,3)11(9,10)8(4,5)6/h11H,1-6H3,(H,9,10). The predicted octanol–water partition coefficient (Wildman–Crippen LogP) is 2.40. The third kappa shape index (κ3) is 2.23. The van der Waals surface area contributed by atoms with E-state index in [4.69, 9.17) is 11.2 Å². The molecule has 0 unspecified atom stereocenters. The topological polar surface area (TPSA) is 20.2 Å². The minimum absolute atomic E-state index is 0.138. The molecule has 0 aliphatic heterocycles. The lowest BCUT2D eigenvalue weighted by Gasteiger charge is -2.45. The van der Waals surface area contributed by atoms with E-state index in [0.29, 0.717) is 0 Å². The Morgan fingerprint density at radius 3 is 1.09 bits per heavy atom. The van der Waals surface area contributed by atoms with Gasteiger partial charge in [0.2, 0.25) is 0 Å². The Kier molecular flexibility index (Phi) is 2.92. The summed E-state index contributed by atoms with van der Waals surface area (Å²) >= 11 is 5.28. The average molecular weight is 196 g/mol. The maximum Gasteiger partial charge on any atom is 0.0147 e. The molecule has 0 spiro atoms. The average Bonchev–Trinajstić information content (AvgIpc) is 1.58. The molecule has 0 rings (SSSR count). The van der Waals surface area contributed by atoms with E-state index < -0.39 is 8.87 Å². The third-order valence-corrected chi connectivity index (χ3v) is 8.74. The summed E-state index contributed by atoms with van der Waals surface area (Å²) in [5, 5.41) is 0. The molecule has 70 valence electrons. The van der Waals surface area contributed by atoms with Gasteiger partial charge in [-0.15, -0.1) is 8.87 Å². The summed E-state index contributed by atoms with van der Waals surface area (Å²) in [6.07, 6.45) is 0. The highest BCUT2D eigenvalue weighted by molar-refractivity contribution is 8.38. The smallest absolute Gasteiger partial charge is 0.0147 e. The van der Waals surface area contributed by atoms with E-state index in [1.165, 1.54) is 0 Å². The lowest BCUT2D eigenvalue weighted by Crippen LogP contribution is -2.46. The van der Waals surface area contributed by atoms with Crippen LogP contribution in [0.4, 0.5) is 0 Å². The largest absolute Gasteiger partial charge is 0.349 e. The van der Waals surface area contributed by atoms with Gasteiger partial charge < -0.3 is 4.55 Å². The molecule has 1 nitrogen and oxygen atoms in total. The molecule has 0 bridgehead atoms. The van der Waals surface area contributed by atoms with Crippen molar-refractivity contribution in [1.82, 2.24) is 0 Å². The zero-order valence-corrected chi connectivity index (χ0v) is 10.0. The maximum absolute atomic E-state index is 10.1. The van der Waals surface area contributed by atoms with Crippen molar-refractivity contribution in [1.29, 1.82) is 0 Å². The highest BCUT2D eigenvalue weighted by Gasteiger charge is 2.34. The van der Waals surface area contributed by atoms with Crippen molar-refractivity contribution >= 4 is 20.1 Å². The van der Waals surface area contributed by atoms with Gasteiger partial charge in [0, 0.05) is 9.49 Å². The normalized spacial score (nSPS) is 16.6. The molecule has 0 heterocycles. The van der Waals surface area contributed by atoms with Gasteiger partial charge in [-0.2, -0.15) is 0 Å². The minimum Gasteiger partial charge on any atom is -0.349 e. The summed E-state index contributed by atoms with van der Waals surface area (Å²) in [7, 11) is -2.23. The summed E-state index contributed by atoms with van der Waals surface area (Å²) in [5.41, 5.74) is 0. The Hall–Kier alpha value is 0.530. The molecule has 0 aromatic rings. The van der Waals surface area contributed by atoms with Crippen molar-refractivity contribution in [2.24, 2.45) is 0 Å². The Labute approximate surface area is 76.0 Å². The van der Waals surface area contributed by atoms with Gasteiger partial charge in [0.1, 0.15) is 0 Å². The first-order valence-corrected chi connectivity index (χ1v) is 6.58. The number of hydrogen-bond acceptors (Lipinski definition) is 1. The molecule has 3 heteroatoms. The third-order valence-electron chi connectivity index (χ3n) is 1.82. The first kappa shape index (κ1) is 11.5. The minimum atomic E-state index is -2.23. The fourth-order valence-corrected chi connectivity index (χ4v) is 3.02. The molecule has 0 fully saturated rings. The molecule has 0 aliphatic carbocycles. The van der Waals surface area contributed by atoms with Gasteiger partial charge in [-0.3, -0.25) is 0 Å². The molecule has 0 radical (unpaired) electrons. The van der Waals surface area contributed by atoms with E-state index in [-0.39, 0.29) is 9.49 Å². The summed E-state index contributed by atoms with van der Waals surface area (Å²) in [5.74, 6) is 0. The van der Waals surface area contributed by atoms with E-state index in [9.17, 15) is 4.55 Å². The SMILES string of the molecule is CC(C)(C)[SH](O)(=S)C(C)(C)C. The Bertz CT molecular complexity index is 165. The molecular formula is C8H20OS2. The van der Waals surface area contributed by atoms with Crippen LogP contribution >= 0.6 is 0 Å². The summed E-state index contributed by atoms with van der Waals surface area (Å²) in [6, 6.07) is 0. The number of rotatable bonds is 0. The second kappa shape index (κ2) is 2.79. The van der Waals surface area contributed by atoms with Crippen LogP contribution in [0.2, 0.25) is 0 Å². The van der Waals surface area contributed by atoms with Crippen molar-refractivity contribution < 1.29 is 4.55 Å². The summed E-state index contributed by atoms with van der Waals surface area (Å²) < 4.78 is 9.84. The van der Waals surface area contributed by atoms with Crippen molar-refractivity contribution in [3.05, 3.63) is 0 Å². The Morgan fingerprint density at radius 2 is 1.09 bits per heavy atom. The van der Waals surface area contributed by atoms with E-state index in [2.05, 4.69) is 0 Å². The van der Waals surface area contributed by atoms with E-state index in [0.717, 1.165) is 0 Å².